The molecule has 0 radical (unpaired) electrons. The number of carbonyl (C=O) groups excluding carboxylic acids is 2. The molecule has 8 heteroatoms. The first-order chi connectivity index (χ1) is 9.22. The molecule has 0 aromatic heterocycles. The zero-order chi connectivity index (χ0) is 13.7. The highest BCUT2D eigenvalue weighted by Gasteiger charge is 2.30. The van der Waals surface area contributed by atoms with Crippen LogP contribution in [-0.2, 0) is 9.53 Å². The minimum atomic E-state index is -0.371. The van der Waals surface area contributed by atoms with Gasteiger partial charge in [-0.2, -0.15) is 0 Å². The maximum Gasteiger partial charge on any atom is 0.317 e. The molecule has 0 spiro atoms. The number of nitrogens with zero attached hydrogens (tertiary/aromatic N) is 2. The molecule has 3 amide bonds. The van der Waals surface area contributed by atoms with E-state index in [1.807, 2.05) is 6.92 Å². The van der Waals surface area contributed by atoms with E-state index in [9.17, 15) is 9.59 Å². The van der Waals surface area contributed by atoms with Crippen molar-refractivity contribution in [3.05, 3.63) is 0 Å². The van der Waals surface area contributed by atoms with Gasteiger partial charge in [-0.3, -0.25) is 4.79 Å². The Hall–Kier alpha value is -1.05. The lowest BCUT2D eigenvalue weighted by Crippen LogP contribution is -2.57. The molecule has 2 rings (SSSR count). The van der Waals surface area contributed by atoms with Gasteiger partial charge < -0.3 is 25.2 Å². The lowest BCUT2D eigenvalue weighted by atomic mass is 10.2. The van der Waals surface area contributed by atoms with E-state index in [0.29, 0.717) is 45.9 Å². The van der Waals surface area contributed by atoms with Gasteiger partial charge >= 0.3 is 6.03 Å². The third-order valence-corrected chi connectivity index (χ3v) is 3.41. The normalized spacial score (nSPS) is 22.9. The lowest BCUT2D eigenvalue weighted by Gasteiger charge is -2.37. The highest BCUT2D eigenvalue weighted by Crippen LogP contribution is 2.07. The van der Waals surface area contributed by atoms with Gasteiger partial charge in [0.15, 0.2) is 0 Å². The number of hydrogen-bond acceptors (Lipinski definition) is 4. The quantitative estimate of drug-likeness (QED) is 0.705. The largest absolute Gasteiger partial charge is 0.366 e. The molecule has 0 aromatic rings. The Morgan fingerprint density at radius 1 is 1.25 bits per heavy atom. The van der Waals surface area contributed by atoms with Crippen molar-refractivity contribution in [2.45, 2.75) is 13.0 Å². The van der Waals surface area contributed by atoms with Crippen LogP contribution in [0.15, 0.2) is 0 Å². The van der Waals surface area contributed by atoms with E-state index in [2.05, 4.69) is 10.6 Å². The Bertz CT molecular complexity index is 329. The van der Waals surface area contributed by atoms with Crippen LogP contribution in [0.2, 0.25) is 0 Å². The maximum atomic E-state index is 12.2. The third kappa shape index (κ3) is 4.22. The number of piperazine rings is 1. The number of nitrogens with one attached hydrogen (secondary N) is 2. The average Bonchev–Trinajstić information content (AvgIpc) is 2.48. The molecule has 2 heterocycles. The minimum absolute atomic E-state index is 0. The number of amides is 3. The molecule has 2 fully saturated rings. The van der Waals surface area contributed by atoms with Crippen molar-refractivity contribution in [3.63, 3.8) is 0 Å². The fourth-order valence-electron chi connectivity index (χ4n) is 2.32. The average molecular weight is 307 g/mol. The Morgan fingerprint density at radius 3 is 2.45 bits per heavy atom. The summed E-state index contributed by atoms with van der Waals surface area (Å²) in [5.41, 5.74) is 0. The van der Waals surface area contributed by atoms with Gasteiger partial charge in [0.25, 0.3) is 5.91 Å². The van der Waals surface area contributed by atoms with E-state index in [1.165, 1.54) is 0 Å². The van der Waals surface area contributed by atoms with Crippen LogP contribution in [0.1, 0.15) is 6.92 Å². The summed E-state index contributed by atoms with van der Waals surface area (Å²) in [6.07, 6.45) is -0.371. The molecule has 2 N–H and O–H groups in total. The predicted molar refractivity (Wildman–Crippen MR) is 77.1 cm³/mol. The van der Waals surface area contributed by atoms with Gasteiger partial charge in [-0.25, -0.2) is 4.79 Å². The van der Waals surface area contributed by atoms with E-state index in [1.54, 1.807) is 9.80 Å². The number of hydrogen-bond donors (Lipinski definition) is 2. The molecule has 116 valence electrons. The monoisotopic (exact) mass is 306 g/mol. The molecule has 1 atom stereocenters. The number of rotatable bonds is 2. The summed E-state index contributed by atoms with van der Waals surface area (Å²) in [6, 6.07) is -0.0508. The van der Waals surface area contributed by atoms with Crippen molar-refractivity contribution in [1.82, 2.24) is 20.4 Å². The molecule has 2 aliphatic rings. The highest BCUT2D eigenvalue weighted by molar-refractivity contribution is 5.85. The zero-order valence-electron chi connectivity index (χ0n) is 11.8. The van der Waals surface area contributed by atoms with Crippen molar-refractivity contribution < 1.29 is 14.3 Å². The smallest absolute Gasteiger partial charge is 0.317 e. The molecule has 0 bridgehead atoms. The van der Waals surface area contributed by atoms with Gasteiger partial charge in [0.2, 0.25) is 0 Å². The summed E-state index contributed by atoms with van der Waals surface area (Å²) >= 11 is 0. The first kappa shape index (κ1) is 17.0. The van der Waals surface area contributed by atoms with Crippen molar-refractivity contribution in [1.29, 1.82) is 0 Å². The van der Waals surface area contributed by atoms with Gasteiger partial charge in [-0.1, -0.05) is 0 Å². The van der Waals surface area contributed by atoms with Crippen LogP contribution in [0.4, 0.5) is 4.79 Å². The molecule has 7 nitrogen and oxygen atoms in total. The third-order valence-electron chi connectivity index (χ3n) is 3.41. The standard InChI is InChI=1S/C12H22N4O3.ClH/c1-2-14-12(18)16-6-4-15(5-7-16)11(17)10-9-13-3-8-19-10;/h10,13H,2-9H2,1H3,(H,14,18);1H. The molecule has 0 aromatic carbocycles. The minimum Gasteiger partial charge on any atom is -0.366 e. The van der Waals surface area contributed by atoms with Gasteiger partial charge in [0.05, 0.1) is 6.61 Å². The lowest BCUT2D eigenvalue weighted by molar-refractivity contribution is -0.146. The van der Waals surface area contributed by atoms with Crippen LogP contribution in [0.25, 0.3) is 0 Å². The zero-order valence-corrected chi connectivity index (χ0v) is 12.6. The molecule has 1 unspecified atom stereocenters. The van der Waals surface area contributed by atoms with Gasteiger partial charge in [0.1, 0.15) is 6.10 Å². The van der Waals surface area contributed by atoms with Crippen molar-refractivity contribution in [3.8, 4) is 0 Å². The maximum absolute atomic E-state index is 12.2. The summed E-state index contributed by atoms with van der Waals surface area (Å²) in [6.45, 7) is 6.80. The van der Waals surface area contributed by atoms with E-state index >= 15 is 0 Å². The van der Waals surface area contributed by atoms with Crippen molar-refractivity contribution >= 4 is 24.3 Å². The van der Waals surface area contributed by atoms with Gasteiger partial charge in [0, 0.05) is 45.8 Å². The molecule has 0 aliphatic carbocycles. The van der Waals surface area contributed by atoms with Crippen LogP contribution < -0.4 is 10.6 Å². The fourth-order valence-corrected chi connectivity index (χ4v) is 2.32. The second kappa shape index (κ2) is 8.28. The molecular weight excluding hydrogens is 284 g/mol. The summed E-state index contributed by atoms with van der Waals surface area (Å²) in [7, 11) is 0. The molecule has 2 aliphatic heterocycles. The van der Waals surface area contributed by atoms with E-state index < -0.39 is 0 Å². The highest BCUT2D eigenvalue weighted by atomic mass is 35.5. The Morgan fingerprint density at radius 2 is 1.90 bits per heavy atom. The number of carbonyl (C=O) groups is 2. The van der Waals surface area contributed by atoms with Crippen LogP contribution in [0.5, 0.6) is 0 Å². The predicted octanol–water partition coefficient (Wildman–Crippen LogP) is -0.730. The number of urea groups is 1. The van der Waals surface area contributed by atoms with E-state index in [0.717, 1.165) is 6.54 Å². The second-order valence-corrected chi connectivity index (χ2v) is 4.71. The number of morpholine rings is 1. The van der Waals surface area contributed by atoms with Crippen LogP contribution in [0, 0.1) is 0 Å². The topological polar surface area (TPSA) is 73.9 Å². The summed E-state index contributed by atoms with van der Waals surface area (Å²) < 4.78 is 5.46. The number of halogens is 1. The fraction of sp³-hybridized carbons (Fsp3) is 0.833. The molecule has 20 heavy (non-hydrogen) atoms. The summed E-state index contributed by atoms with van der Waals surface area (Å²) in [5, 5.41) is 5.92. The Balaban J connectivity index is 0.00000200. The van der Waals surface area contributed by atoms with Gasteiger partial charge in [-0.05, 0) is 6.92 Å². The van der Waals surface area contributed by atoms with E-state index in [4.69, 9.17) is 4.74 Å². The van der Waals surface area contributed by atoms with Crippen molar-refractivity contribution in [2.75, 3.05) is 52.4 Å². The Labute approximate surface area is 125 Å². The summed E-state index contributed by atoms with van der Waals surface area (Å²) in [5.74, 6) is 0.0303. The molecular formula is C12H23ClN4O3. The first-order valence-corrected chi connectivity index (χ1v) is 6.86. The van der Waals surface area contributed by atoms with Gasteiger partial charge in [-0.15, -0.1) is 12.4 Å². The van der Waals surface area contributed by atoms with Crippen LogP contribution in [-0.4, -0.2) is 80.3 Å². The Kier molecular flexibility index (Phi) is 7.04. The van der Waals surface area contributed by atoms with Crippen LogP contribution >= 0.6 is 12.4 Å². The number of ether oxygens (including phenoxy) is 1. The summed E-state index contributed by atoms with van der Waals surface area (Å²) in [4.78, 5) is 27.4. The SMILES string of the molecule is CCNC(=O)N1CCN(C(=O)C2CNCCO2)CC1.Cl. The second-order valence-electron chi connectivity index (χ2n) is 4.71. The van der Waals surface area contributed by atoms with E-state index in [-0.39, 0.29) is 30.4 Å². The molecule has 2 saturated heterocycles. The van der Waals surface area contributed by atoms with Crippen LogP contribution in [0.3, 0.4) is 0 Å². The van der Waals surface area contributed by atoms with Crippen molar-refractivity contribution in [2.24, 2.45) is 0 Å². The first-order valence-electron chi connectivity index (χ1n) is 6.86. The molecule has 0 saturated carbocycles.